The molecule has 96 heavy (non-hydrogen) atoms. The van der Waals surface area contributed by atoms with Gasteiger partial charge in [0.2, 0.25) is 0 Å². The third-order valence-corrected chi connectivity index (χ3v) is 17.8. The molecule has 10 nitrogen and oxygen atoms in total. The van der Waals surface area contributed by atoms with Crippen LogP contribution in [0.2, 0.25) is 0 Å². The van der Waals surface area contributed by atoms with Gasteiger partial charge in [-0.05, 0) is 136 Å². The highest BCUT2D eigenvalue weighted by Gasteiger charge is 2.23. The van der Waals surface area contributed by atoms with E-state index in [0.29, 0.717) is 46.2 Å². The van der Waals surface area contributed by atoms with Crippen molar-refractivity contribution in [1.29, 1.82) is 5.26 Å². The molecule has 0 saturated heterocycles. The van der Waals surface area contributed by atoms with Crippen molar-refractivity contribution in [2.24, 2.45) is 0 Å². The fraction of sp³-hybridized carbons (Fsp3) is 0. The summed E-state index contributed by atoms with van der Waals surface area (Å²) in [7, 11) is 0. The Kier molecular flexibility index (Phi) is 14.1. The molecule has 0 aliphatic heterocycles. The Morgan fingerprint density at radius 1 is 0.271 bits per heavy atom. The van der Waals surface area contributed by atoms with Crippen molar-refractivity contribution in [2.45, 2.75) is 0 Å². The summed E-state index contributed by atoms with van der Waals surface area (Å²) in [5.41, 5.74) is 20.1. The number of nitrogens with zero attached hydrogens (tertiary/aromatic N) is 10. The molecule has 17 rings (SSSR count). The smallest absolute Gasteiger partial charge is 0.187 e. The number of aromatic nitrogens is 8. The molecule has 0 bridgehead atoms. The van der Waals surface area contributed by atoms with E-state index in [-0.39, 0.29) is 0 Å². The summed E-state index contributed by atoms with van der Waals surface area (Å²) in [6.45, 7) is 7.80. The molecule has 0 atom stereocenters. The Balaban J connectivity index is 0.903. The lowest BCUT2D eigenvalue weighted by atomic mass is 9.95. The molecule has 0 radical (unpaired) electrons. The van der Waals surface area contributed by atoms with Gasteiger partial charge in [0.15, 0.2) is 40.6 Å². The minimum Gasteiger partial charge on any atom is -0.309 e. The maximum absolute atomic E-state index is 9.91. The number of fused-ring (bicyclic) bond motifs is 6. The third-order valence-electron chi connectivity index (χ3n) is 17.8. The summed E-state index contributed by atoms with van der Waals surface area (Å²) in [4.78, 5) is 35.1. The molecule has 0 spiro atoms. The fourth-order valence-corrected chi connectivity index (χ4v) is 13.2. The molecule has 0 fully saturated rings. The standard InChI is InChI=1S/C86H52N10/c1-88-69-34-20-32-62(48-69)64-40-43-80-75(52-64)72-36-15-17-38-77(72)96(80)78-44-41-66(85-91-81(56-22-6-2-7-23-56)89-82(92-85)57-24-8-3-9-25-57)53-73(78)65-33-19-31-61(46-65)67-47-68(86-93-83(58-26-10-4-11-27-58)90-84(94-86)59-28-12-5-13-29-59)50-70(49-67)95-76-37-16-14-35-71(76)74-51-63(39-42-79(74)95)60-30-18-21-55(45-60)54-87/h2-53H. The lowest BCUT2D eigenvalue weighted by Crippen LogP contribution is -2.02. The Morgan fingerprint density at radius 3 is 1.20 bits per heavy atom. The van der Waals surface area contributed by atoms with Crippen LogP contribution in [0.5, 0.6) is 0 Å². The maximum atomic E-state index is 9.91. The third kappa shape index (κ3) is 10.4. The topological polar surface area (TPSA) is 115 Å². The quantitative estimate of drug-likeness (QED) is 0.112. The van der Waals surface area contributed by atoms with Gasteiger partial charge in [-0.25, -0.2) is 34.7 Å². The number of hydrogen-bond acceptors (Lipinski definition) is 7. The van der Waals surface area contributed by atoms with Gasteiger partial charge in [0.05, 0.1) is 46.0 Å². The number of benzene rings is 13. The predicted molar refractivity (Wildman–Crippen MR) is 387 cm³/mol. The summed E-state index contributed by atoms with van der Waals surface area (Å²) in [6, 6.07) is 111. The SMILES string of the molecule is [C-]#[N+]c1cccc(-c2ccc3c(c2)c2ccccc2n3-c2ccc(-c3nc(-c4ccccc4)nc(-c4ccccc4)n3)cc2-c2cccc(-c3cc(-c4nc(-c5ccccc5)nc(-c5ccccc5)n4)cc(-n4c5ccccc5c5cc(-c6cccc(C#N)c6)ccc54)c3)c2)c1. The molecule has 0 saturated carbocycles. The van der Waals surface area contributed by atoms with Gasteiger partial charge < -0.3 is 9.13 Å². The molecule has 4 heterocycles. The summed E-state index contributed by atoms with van der Waals surface area (Å²) < 4.78 is 4.71. The molecular formula is C86H52N10. The van der Waals surface area contributed by atoms with E-state index in [1.807, 2.05) is 158 Å². The zero-order valence-electron chi connectivity index (χ0n) is 51.5. The first-order chi connectivity index (χ1) is 47.4. The van der Waals surface area contributed by atoms with Crippen LogP contribution in [-0.4, -0.2) is 39.0 Å². The van der Waals surface area contributed by atoms with E-state index < -0.39 is 0 Å². The zero-order valence-corrected chi connectivity index (χ0v) is 51.5. The summed E-state index contributed by atoms with van der Waals surface area (Å²) in [6.07, 6.45) is 0. The highest BCUT2D eigenvalue weighted by molar-refractivity contribution is 6.12. The van der Waals surface area contributed by atoms with Gasteiger partial charge in [0.25, 0.3) is 0 Å². The molecule has 17 aromatic rings. The van der Waals surface area contributed by atoms with Crippen molar-refractivity contribution in [2.75, 3.05) is 0 Å². The maximum Gasteiger partial charge on any atom is 0.187 e. The Labute approximate surface area is 553 Å². The van der Waals surface area contributed by atoms with Crippen molar-refractivity contribution < 1.29 is 0 Å². The van der Waals surface area contributed by atoms with Gasteiger partial charge in [0.1, 0.15) is 0 Å². The number of nitriles is 1. The first kappa shape index (κ1) is 56.4. The van der Waals surface area contributed by atoms with Gasteiger partial charge >= 0.3 is 0 Å². The van der Waals surface area contributed by atoms with Crippen LogP contribution in [0.3, 0.4) is 0 Å². The first-order valence-corrected chi connectivity index (χ1v) is 31.7. The molecule has 0 amide bonds. The Hall–Kier alpha value is -13.5. The molecular weight excluding hydrogens is 1170 g/mol. The minimum atomic E-state index is 0.521. The monoisotopic (exact) mass is 1220 g/mol. The van der Waals surface area contributed by atoms with Crippen LogP contribution < -0.4 is 0 Å². The fourth-order valence-electron chi connectivity index (χ4n) is 13.2. The van der Waals surface area contributed by atoms with E-state index in [4.69, 9.17) is 36.5 Å². The Bertz CT molecular complexity index is 5870. The molecule has 10 heteroatoms. The van der Waals surface area contributed by atoms with Crippen molar-refractivity contribution >= 4 is 49.3 Å². The second-order valence-corrected chi connectivity index (χ2v) is 23.7. The van der Waals surface area contributed by atoms with E-state index in [2.05, 4.69) is 178 Å². The molecule has 0 aliphatic rings. The van der Waals surface area contributed by atoms with E-state index in [0.717, 1.165) is 133 Å². The molecule has 0 aliphatic carbocycles. The van der Waals surface area contributed by atoms with E-state index in [1.165, 1.54) is 0 Å². The number of para-hydroxylation sites is 2. The van der Waals surface area contributed by atoms with E-state index >= 15 is 0 Å². The van der Waals surface area contributed by atoms with Crippen molar-refractivity contribution in [1.82, 2.24) is 39.0 Å². The first-order valence-electron chi connectivity index (χ1n) is 31.7. The minimum absolute atomic E-state index is 0.521. The average Bonchev–Trinajstić information content (AvgIpc) is 1.57. The normalized spacial score (nSPS) is 11.3. The van der Waals surface area contributed by atoms with Crippen molar-refractivity contribution in [3.63, 3.8) is 0 Å². The van der Waals surface area contributed by atoms with Gasteiger partial charge in [-0.2, -0.15) is 5.26 Å². The lowest BCUT2D eigenvalue weighted by molar-refractivity contribution is 1.07. The molecule has 0 unspecified atom stereocenters. The summed E-state index contributed by atoms with van der Waals surface area (Å²) in [5, 5.41) is 14.3. The predicted octanol–water partition coefficient (Wildman–Crippen LogP) is 21.3. The second-order valence-electron chi connectivity index (χ2n) is 23.7. The average molecular weight is 1230 g/mol. The van der Waals surface area contributed by atoms with Gasteiger partial charge in [-0.15, -0.1) is 0 Å². The highest BCUT2D eigenvalue weighted by atomic mass is 15.1. The van der Waals surface area contributed by atoms with Crippen LogP contribution >= 0.6 is 0 Å². The van der Waals surface area contributed by atoms with Crippen molar-refractivity contribution in [3.8, 4) is 130 Å². The van der Waals surface area contributed by atoms with Crippen LogP contribution in [-0.2, 0) is 0 Å². The van der Waals surface area contributed by atoms with Gasteiger partial charge in [-0.3, -0.25) is 0 Å². The van der Waals surface area contributed by atoms with Gasteiger partial charge in [-0.1, -0.05) is 218 Å². The zero-order chi connectivity index (χ0) is 64.1. The Morgan fingerprint density at radius 2 is 0.656 bits per heavy atom. The summed E-state index contributed by atoms with van der Waals surface area (Å²) in [5.74, 6) is 3.32. The van der Waals surface area contributed by atoms with Crippen LogP contribution in [0.15, 0.2) is 315 Å². The number of hydrogen-bond donors (Lipinski definition) is 0. The molecule has 13 aromatic carbocycles. The summed E-state index contributed by atoms with van der Waals surface area (Å²) >= 11 is 0. The van der Waals surface area contributed by atoms with Crippen LogP contribution in [0, 0.1) is 17.9 Å². The molecule has 446 valence electrons. The van der Waals surface area contributed by atoms with E-state index in [1.54, 1.807) is 0 Å². The highest BCUT2D eigenvalue weighted by Crippen LogP contribution is 2.43. The lowest BCUT2D eigenvalue weighted by Gasteiger charge is -2.18. The van der Waals surface area contributed by atoms with E-state index in [9.17, 15) is 5.26 Å². The molecule has 0 N–H and O–H groups in total. The van der Waals surface area contributed by atoms with Crippen molar-refractivity contribution in [3.05, 3.63) is 332 Å². The van der Waals surface area contributed by atoms with Gasteiger partial charge in [0, 0.05) is 66.2 Å². The molecule has 4 aromatic heterocycles. The van der Waals surface area contributed by atoms with Crippen LogP contribution in [0.1, 0.15) is 5.56 Å². The second kappa shape index (κ2) is 23.9. The van der Waals surface area contributed by atoms with Crippen LogP contribution in [0.4, 0.5) is 5.69 Å². The van der Waals surface area contributed by atoms with Crippen LogP contribution in [0.25, 0.3) is 173 Å². The largest absolute Gasteiger partial charge is 0.309 e. The number of rotatable bonds is 12.